The maximum atomic E-state index is 13.4. The molecule has 25 heavy (non-hydrogen) atoms. The van der Waals surface area contributed by atoms with E-state index in [-0.39, 0.29) is 0 Å². The molecule has 4 nitrogen and oxygen atoms in total. The van der Waals surface area contributed by atoms with Gasteiger partial charge in [0.15, 0.2) is 0 Å². The molecular formula is C20H17NO3S. The summed E-state index contributed by atoms with van der Waals surface area (Å²) in [6.45, 7) is 1.93. The van der Waals surface area contributed by atoms with Gasteiger partial charge in [-0.2, -0.15) is 0 Å². The largest absolute Gasteiger partial charge is 0.392 e. The summed E-state index contributed by atoms with van der Waals surface area (Å²) in [4.78, 5) is 12.8. The minimum Gasteiger partial charge on any atom is -0.392 e. The second-order valence-corrected chi connectivity index (χ2v) is 7.22. The predicted molar refractivity (Wildman–Crippen MR) is 97.9 cm³/mol. The zero-order valence-corrected chi connectivity index (χ0v) is 14.5. The number of aryl methyl sites for hydroxylation is 1. The number of hydrogen-bond acceptors (Lipinski definition) is 3. The van der Waals surface area contributed by atoms with E-state index in [9.17, 15) is 9.00 Å². The van der Waals surface area contributed by atoms with Crippen LogP contribution in [0.25, 0.3) is 0 Å². The van der Waals surface area contributed by atoms with E-state index in [1.54, 1.807) is 66.7 Å². The van der Waals surface area contributed by atoms with Crippen molar-refractivity contribution in [2.75, 3.05) is 0 Å². The summed E-state index contributed by atoms with van der Waals surface area (Å²) >= 11 is 0. The molecule has 0 radical (unpaired) electrons. The Morgan fingerprint density at radius 1 is 0.840 bits per heavy atom. The minimum atomic E-state index is -3.41. The van der Waals surface area contributed by atoms with Crippen molar-refractivity contribution in [2.45, 2.75) is 11.8 Å². The van der Waals surface area contributed by atoms with Crippen molar-refractivity contribution < 1.29 is 13.2 Å². The molecule has 3 rings (SSSR count). The van der Waals surface area contributed by atoms with Crippen LogP contribution in [0.3, 0.4) is 0 Å². The lowest BCUT2D eigenvalue weighted by Gasteiger charge is -2.12. The summed E-state index contributed by atoms with van der Waals surface area (Å²) in [6.07, 6.45) is 0. The van der Waals surface area contributed by atoms with Crippen molar-refractivity contribution in [2.24, 2.45) is 4.36 Å². The van der Waals surface area contributed by atoms with Crippen LogP contribution in [-0.4, -0.2) is 10.1 Å². The van der Waals surface area contributed by atoms with Gasteiger partial charge in [0.1, 0.15) is 5.75 Å². The van der Waals surface area contributed by atoms with Gasteiger partial charge in [-0.1, -0.05) is 54.1 Å². The van der Waals surface area contributed by atoms with Crippen LogP contribution in [0, 0.1) is 6.92 Å². The summed E-state index contributed by atoms with van der Waals surface area (Å²) < 4.78 is 23.0. The van der Waals surface area contributed by atoms with Crippen LogP contribution in [0.15, 0.2) is 94.2 Å². The smallest absolute Gasteiger partial charge is 0.287 e. The van der Waals surface area contributed by atoms with Crippen LogP contribution < -0.4 is 4.18 Å². The van der Waals surface area contributed by atoms with E-state index in [2.05, 4.69) is 4.36 Å². The van der Waals surface area contributed by atoms with Crippen LogP contribution in [0.4, 0.5) is 0 Å². The molecule has 0 aliphatic carbocycles. The van der Waals surface area contributed by atoms with Crippen molar-refractivity contribution in [3.8, 4) is 5.75 Å². The highest BCUT2D eigenvalue weighted by molar-refractivity contribution is 7.89. The highest BCUT2D eigenvalue weighted by atomic mass is 32.2. The van der Waals surface area contributed by atoms with Gasteiger partial charge in [-0.3, -0.25) is 4.79 Å². The van der Waals surface area contributed by atoms with Gasteiger partial charge in [0.2, 0.25) is 10.0 Å². The molecule has 0 fully saturated rings. The van der Waals surface area contributed by atoms with Crippen molar-refractivity contribution in [3.05, 3.63) is 96.1 Å². The first-order valence-corrected chi connectivity index (χ1v) is 9.18. The Hall–Kier alpha value is -2.92. The van der Waals surface area contributed by atoms with Gasteiger partial charge in [0, 0.05) is 5.56 Å². The fourth-order valence-electron chi connectivity index (χ4n) is 2.18. The third kappa shape index (κ3) is 4.14. The Bertz CT molecular complexity index is 974. The number of para-hydroxylation sites is 1. The number of carbonyl (C=O) groups is 1. The van der Waals surface area contributed by atoms with E-state index in [0.717, 1.165) is 5.56 Å². The molecule has 1 amide bonds. The molecule has 0 aliphatic heterocycles. The lowest BCUT2D eigenvalue weighted by molar-refractivity contribution is 0.100. The second kappa shape index (κ2) is 7.32. The molecule has 1 unspecified atom stereocenters. The Morgan fingerprint density at radius 2 is 1.40 bits per heavy atom. The fraction of sp³-hybridized carbons (Fsp3) is 0.0500. The van der Waals surface area contributed by atoms with Gasteiger partial charge >= 0.3 is 0 Å². The molecular weight excluding hydrogens is 334 g/mol. The van der Waals surface area contributed by atoms with E-state index in [1.807, 2.05) is 25.1 Å². The Balaban J connectivity index is 2.08. The average molecular weight is 351 g/mol. The van der Waals surface area contributed by atoms with Crippen LogP contribution in [0.5, 0.6) is 5.75 Å². The van der Waals surface area contributed by atoms with E-state index in [4.69, 9.17) is 4.18 Å². The van der Waals surface area contributed by atoms with Gasteiger partial charge in [0.25, 0.3) is 5.91 Å². The molecule has 0 N–H and O–H groups in total. The highest BCUT2D eigenvalue weighted by Crippen LogP contribution is 2.21. The zero-order chi connectivity index (χ0) is 17.7. The average Bonchev–Trinajstić information content (AvgIpc) is 2.63. The van der Waals surface area contributed by atoms with Crippen LogP contribution in [0.1, 0.15) is 15.9 Å². The molecule has 3 aromatic rings. The minimum absolute atomic E-state index is 0.353. The lowest BCUT2D eigenvalue weighted by atomic mass is 10.2. The van der Waals surface area contributed by atoms with Gasteiger partial charge in [-0.15, -0.1) is 4.36 Å². The molecule has 0 saturated carbocycles. The number of amides is 1. The molecule has 1 atom stereocenters. The van der Waals surface area contributed by atoms with E-state index < -0.39 is 15.9 Å². The third-order valence-corrected chi connectivity index (χ3v) is 5.19. The number of rotatable bonds is 4. The maximum Gasteiger partial charge on any atom is 0.287 e. The molecule has 0 aromatic heterocycles. The fourth-order valence-corrected chi connectivity index (χ4v) is 3.59. The second-order valence-electron chi connectivity index (χ2n) is 5.45. The number of nitrogens with zero attached hydrogens (tertiary/aromatic N) is 1. The molecule has 5 heteroatoms. The molecule has 0 spiro atoms. The van der Waals surface area contributed by atoms with Gasteiger partial charge in [0.05, 0.1) is 4.90 Å². The quantitative estimate of drug-likeness (QED) is 0.687. The molecule has 3 aromatic carbocycles. The van der Waals surface area contributed by atoms with E-state index in [0.29, 0.717) is 16.2 Å². The first kappa shape index (κ1) is 16.9. The van der Waals surface area contributed by atoms with Crippen LogP contribution >= 0.6 is 0 Å². The third-order valence-electron chi connectivity index (χ3n) is 3.50. The van der Waals surface area contributed by atoms with Crippen molar-refractivity contribution in [3.63, 3.8) is 0 Å². The summed E-state index contributed by atoms with van der Waals surface area (Å²) in [5.74, 6) is -0.195. The summed E-state index contributed by atoms with van der Waals surface area (Å²) in [5.41, 5.74) is 1.37. The number of benzene rings is 3. The predicted octanol–water partition coefficient (Wildman–Crippen LogP) is 4.66. The first-order chi connectivity index (χ1) is 12.1. The van der Waals surface area contributed by atoms with Crippen molar-refractivity contribution in [1.82, 2.24) is 0 Å². The van der Waals surface area contributed by atoms with Gasteiger partial charge in [-0.25, -0.2) is 4.21 Å². The highest BCUT2D eigenvalue weighted by Gasteiger charge is 2.18. The van der Waals surface area contributed by atoms with Crippen LogP contribution in [-0.2, 0) is 10.0 Å². The zero-order valence-electron chi connectivity index (χ0n) is 13.7. The molecule has 0 heterocycles. The standard InChI is InChI=1S/C20H17NO3S/c1-16-12-14-19(15-13-16)25(23,24-18-10-6-3-7-11-18)21-20(22)17-8-4-2-5-9-17/h2-15H,1H3. The monoisotopic (exact) mass is 351 g/mol. The normalized spacial score (nSPS) is 12.8. The molecule has 0 aliphatic rings. The summed E-state index contributed by atoms with van der Waals surface area (Å²) in [7, 11) is -3.41. The van der Waals surface area contributed by atoms with Crippen LogP contribution in [0.2, 0.25) is 0 Å². The van der Waals surface area contributed by atoms with E-state index >= 15 is 0 Å². The van der Waals surface area contributed by atoms with Crippen molar-refractivity contribution in [1.29, 1.82) is 0 Å². The maximum absolute atomic E-state index is 13.4. The summed E-state index contributed by atoms with van der Waals surface area (Å²) in [6, 6.07) is 24.2. The van der Waals surface area contributed by atoms with Gasteiger partial charge in [-0.05, 0) is 43.3 Å². The Labute approximate surface area is 147 Å². The number of hydrogen-bond donors (Lipinski definition) is 0. The Kier molecular flexibility index (Phi) is 4.95. The Morgan fingerprint density at radius 3 is 2.00 bits per heavy atom. The molecule has 0 bridgehead atoms. The van der Waals surface area contributed by atoms with Gasteiger partial charge < -0.3 is 4.18 Å². The molecule has 0 saturated heterocycles. The summed E-state index contributed by atoms with van der Waals surface area (Å²) in [5, 5.41) is 0. The lowest BCUT2D eigenvalue weighted by Crippen LogP contribution is -2.13. The molecule has 126 valence electrons. The van der Waals surface area contributed by atoms with Crippen molar-refractivity contribution >= 4 is 15.9 Å². The van der Waals surface area contributed by atoms with E-state index in [1.165, 1.54) is 0 Å². The first-order valence-electron chi connectivity index (χ1n) is 7.74. The SMILES string of the molecule is Cc1ccc(S(=O)(=NC(=O)c2ccccc2)Oc2ccccc2)cc1. The number of carbonyl (C=O) groups excluding carboxylic acids is 1. The topological polar surface area (TPSA) is 55.7 Å².